The van der Waals surface area contributed by atoms with Crippen molar-refractivity contribution in [1.82, 2.24) is 15.2 Å². The highest BCUT2D eigenvalue weighted by Crippen LogP contribution is 2.20. The number of hydrogen-bond acceptors (Lipinski definition) is 3. The lowest BCUT2D eigenvalue weighted by atomic mass is 9.96. The Morgan fingerprint density at radius 2 is 1.85 bits per heavy atom. The van der Waals surface area contributed by atoms with Crippen LogP contribution in [-0.4, -0.2) is 35.4 Å². The van der Waals surface area contributed by atoms with E-state index in [9.17, 15) is 4.79 Å². The van der Waals surface area contributed by atoms with E-state index >= 15 is 0 Å². The van der Waals surface area contributed by atoms with E-state index in [1.54, 1.807) is 0 Å². The van der Waals surface area contributed by atoms with Crippen molar-refractivity contribution < 1.29 is 4.79 Å². The van der Waals surface area contributed by atoms with Crippen LogP contribution in [0.25, 0.3) is 10.8 Å². The number of carbonyl (C=O) groups excluding carboxylic acids is 1. The van der Waals surface area contributed by atoms with E-state index < -0.39 is 0 Å². The summed E-state index contributed by atoms with van der Waals surface area (Å²) in [7, 11) is 0. The topological polar surface area (TPSA) is 45.2 Å². The molecular weight excluding hydrogens is 334 g/mol. The molecule has 0 bridgehead atoms. The average molecular weight is 359 g/mol. The number of pyridine rings is 1. The van der Waals surface area contributed by atoms with E-state index in [-0.39, 0.29) is 5.91 Å². The van der Waals surface area contributed by atoms with Gasteiger partial charge in [-0.1, -0.05) is 42.5 Å². The van der Waals surface area contributed by atoms with Crippen molar-refractivity contribution in [1.29, 1.82) is 0 Å². The third kappa shape index (κ3) is 4.34. The van der Waals surface area contributed by atoms with Crippen molar-refractivity contribution >= 4 is 16.7 Å². The molecule has 1 fully saturated rings. The highest BCUT2D eigenvalue weighted by Gasteiger charge is 2.20. The number of aromatic nitrogens is 1. The number of hydrogen-bond donors (Lipinski definition) is 1. The summed E-state index contributed by atoms with van der Waals surface area (Å²) in [6.07, 6.45) is 6.00. The Labute approximate surface area is 160 Å². The normalized spacial score (nSPS) is 15.7. The number of amides is 1. The molecule has 1 amide bonds. The van der Waals surface area contributed by atoms with Gasteiger partial charge >= 0.3 is 0 Å². The van der Waals surface area contributed by atoms with E-state index in [1.165, 1.54) is 5.56 Å². The fraction of sp³-hybridized carbons (Fsp3) is 0.304. The summed E-state index contributed by atoms with van der Waals surface area (Å²) in [5, 5.41) is 5.28. The fourth-order valence-electron chi connectivity index (χ4n) is 3.85. The summed E-state index contributed by atoms with van der Waals surface area (Å²) in [6.45, 7) is 3.86. The molecule has 1 aromatic heterocycles. The number of likely N-dealkylation sites (tertiary alicyclic amines) is 1. The Balaban J connectivity index is 1.29. The molecule has 1 N–H and O–H groups in total. The van der Waals surface area contributed by atoms with Crippen LogP contribution in [0.5, 0.6) is 0 Å². The molecule has 4 heteroatoms. The molecule has 1 saturated heterocycles. The van der Waals surface area contributed by atoms with Crippen LogP contribution in [0.4, 0.5) is 0 Å². The number of nitrogens with zero attached hydrogens (tertiary/aromatic N) is 2. The smallest absolute Gasteiger partial charge is 0.251 e. The molecule has 1 aliphatic heterocycles. The van der Waals surface area contributed by atoms with E-state index in [1.807, 2.05) is 60.9 Å². The van der Waals surface area contributed by atoms with Gasteiger partial charge in [-0.05, 0) is 60.3 Å². The Hall–Kier alpha value is -2.72. The predicted octanol–water partition coefficient (Wildman–Crippen LogP) is 3.88. The van der Waals surface area contributed by atoms with Gasteiger partial charge in [0, 0.05) is 31.0 Å². The van der Waals surface area contributed by atoms with Crippen molar-refractivity contribution in [2.45, 2.75) is 19.4 Å². The van der Waals surface area contributed by atoms with Crippen LogP contribution in [0.3, 0.4) is 0 Å². The zero-order valence-electron chi connectivity index (χ0n) is 15.5. The number of piperidine rings is 1. The molecule has 0 spiro atoms. The molecule has 0 unspecified atom stereocenters. The highest BCUT2D eigenvalue weighted by molar-refractivity contribution is 6.06. The van der Waals surface area contributed by atoms with Crippen LogP contribution in [0.15, 0.2) is 67.0 Å². The van der Waals surface area contributed by atoms with Gasteiger partial charge < -0.3 is 5.32 Å². The number of rotatable bonds is 5. The molecule has 4 nitrogen and oxygen atoms in total. The molecule has 4 rings (SSSR count). The van der Waals surface area contributed by atoms with Gasteiger partial charge in [-0.3, -0.25) is 14.7 Å². The van der Waals surface area contributed by atoms with E-state index in [0.717, 1.165) is 55.4 Å². The summed E-state index contributed by atoms with van der Waals surface area (Å²) < 4.78 is 0. The van der Waals surface area contributed by atoms with E-state index in [0.29, 0.717) is 5.92 Å². The van der Waals surface area contributed by atoms with Crippen molar-refractivity contribution in [2.75, 3.05) is 19.6 Å². The SMILES string of the molecule is O=C(NCC1CCN(Cc2cccnc2)CC1)c1cccc2ccccc12. The number of benzene rings is 2. The Morgan fingerprint density at radius 1 is 1.04 bits per heavy atom. The van der Waals surface area contributed by atoms with Crippen LogP contribution in [-0.2, 0) is 6.54 Å². The summed E-state index contributed by atoms with van der Waals surface area (Å²) >= 11 is 0. The van der Waals surface area contributed by atoms with Crippen molar-refractivity contribution in [3.63, 3.8) is 0 Å². The van der Waals surface area contributed by atoms with Crippen molar-refractivity contribution in [2.24, 2.45) is 5.92 Å². The number of nitrogens with one attached hydrogen (secondary N) is 1. The zero-order valence-corrected chi connectivity index (χ0v) is 15.5. The first-order valence-electron chi connectivity index (χ1n) is 9.67. The van der Waals surface area contributed by atoms with Gasteiger partial charge in [0.15, 0.2) is 0 Å². The highest BCUT2D eigenvalue weighted by atomic mass is 16.1. The molecule has 138 valence electrons. The van der Waals surface area contributed by atoms with Crippen LogP contribution in [0.2, 0.25) is 0 Å². The molecular formula is C23H25N3O. The summed E-state index contributed by atoms with van der Waals surface area (Å²) in [5.41, 5.74) is 2.03. The van der Waals surface area contributed by atoms with Gasteiger partial charge in [0.25, 0.3) is 5.91 Å². The second-order valence-corrected chi connectivity index (χ2v) is 7.32. The van der Waals surface area contributed by atoms with Crippen molar-refractivity contribution in [3.05, 3.63) is 78.1 Å². The molecule has 0 atom stereocenters. The molecule has 0 aliphatic carbocycles. The van der Waals surface area contributed by atoms with Gasteiger partial charge in [-0.25, -0.2) is 0 Å². The van der Waals surface area contributed by atoms with Crippen LogP contribution >= 0.6 is 0 Å². The van der Waals surface area contributed by atoms with Gasteiger partial charge in [-0.15, -0.1) is 0 Å². The first kappa shape index (κ1) is 17.7. The maximum atomic E-state index is 12.7. The fourth-order valence-corrected chi connectivity index (χ4v) is 3.85. The summed E-state index contributed by atoms with van der Waals surface area (Å²) in [5.74, 6) is 0.582. The lowest BCUT2D eigenvalue weighted by Gasteiger charge is -2.32. The molecule has 3 aromatic rings. The summed E-state index contributed by atoms with van der Waals surface area (Å²) in [6, 6.07) is 18.1. The molecule has 2 heterocycles. The van der Waals surface area contributed by atoms with Gasteiger partial charge in [0.1, 0.15) is 0 Å². The van der Waals surface area contributed by atoms with E-state index in [4.69, 9.17) is 0 Å². The Bertz CT molecular complexity index is 896. The second kappa shape index (κ2) is 8.31. The Kier molecular flexibility index (Phi) is 5.45. The van der Waals surface area contributed by atoms with E-state index in [2.05, 4.69) is 21.3 Å². The molecule has 2 aromatic carbocycles. The second-order valence-electron chi connectivity index (χ2n) is 7.32. The predicted molar refractivity (Wildman–Crippen MR) is 109 cm³/mol. The largest absolute Gasteiger partial charge is 0.352 e. The third-order valence-electron chi connectivity index (χ3n) is 5.42. The van der Waals surface area contributed by atoms with Gasteiger partial charge in [0.05, 0.1) is 0 Å². The first-order chi connectivity index (χ1) is 13.3. The number of carbonyl (C=O) groups is 1. The summed E-state index contributed by atoms with van der Waals surface area (Å²) in [4.78, 5) is 19.3. The minimum absolute atomic E-state index is 0.0320. The maximum Gasteiger partial charge on any atom is 0.251 e. The van der Waals surface area contributed by atoms with Crippen molar-refractivity contribution in [3.8, 4) is 0 Å². The van der Waals surface area contributed by atoms with Crippen LogP contribution in [0.1, 0.15) is 28.8 Å². The van der Waals surface area contributed by atoms with Crippen LogP contribution in [0, 0.1) is 5.92 Å². The van der Waals surface area contributed by atoms with Crippen LogP contribution < -0.4 is 5.32 Å². The monoisotopic (exact) mass is 359 g/mol. The maximum absolute atomic E-state index is 12.7. The molecule has 0 saturated carbocycles. The lowest BCUT2D eigenvalue weighted by molar-refractivity contribution is 0.0937. The zero-order chi connectivity index (χ0) is 18.5. The molecule has 1 aliphatic rings. The Morgan fingerprint density at radius 3 is 2.67 bits per heavy atom. The molecule has 0 radical (unpaired) electrons. The minimum atomic E-state index is 0.0320. The third-order valence-corrected chi connectivity index (χ3v) is 5.42. The van der Waals surface area contributed by atoms with Gasteiger partial charge in [0.2, 0.25) is 0 Å². The minimum Gasteiger partial charge on any atom is -0.352 e. The lowest BCUT2D eigenvalue weighted by Crippen LogP contribution is -2.38. The molecule has 27 heavy (non-hydrogen) atoms. The first-order valence-corrected chi connectivity index (χ1v) is 9.67. The van der Waals surface area contributed by atoms with Gasteiger partial charge in [-0.2, -0.15) is 0 Å². The number of fused-ring (bicyclic) bond motifs is 1. The standard InChI is InChI=1S/C23H25N3O/c27-23(22-9-3-7-20-6-1-2-8-21(20)22)25-16-18-10-13-26(14-11-18)17-19-5-4-12-24-15-19/h1-9,12,15,18H,10-11,13-14,16-17H2,(H,25,27). The quantitative estimate of drug-likeness (QED) is 0.752. The average Bonchev–Trinajstić information content (AvgIpc) is 2.73.